The fourth-order valence-electron chi connectivity index (χ4n) is 3.67. The van der Waals surface area contributed by atoms with Crippen molar-refractivity contribution in [2.45, 2.75) is 18.9 Å². The van der Waals surface area contributed by atoms with E-state index < -0.39 is 0 Å². The number of nitrogens with zero attached hydrogens (tertiary/aromatic N) is 2. The van der Waals surface area contributed by atoms with Crippen molar-refractivity contribution in [3.8, 4) is 6.07 Å². The number of carbonyl (C=O) groups is 1. The number of fused-ring (bicyclic) bond motifs is 1. The van der Waals surface area contributed by atoms with Crippen molar-refractivity contribution in [3.63, 3.8) is 0 Å². The van der Waals surface area contributed by atoms with Crippen LogP contribution in [-0.2, 0) is 11.3 Å². The number of carbonyl (C=O) groups excluding carboxylic acids is 1. The second-order valence-electron chi connectivity index (χ2n) is 6.82. The van der Waals surface area contributed by atoms with Crippen LogP contribution in [0.15, 0.2) is 65.2 Å². The van der Waals surface area contributed by atoms with E-state index in [-0.39, 0.29) is 24.1 Å². The molecule has 0 saturated carbocycles. The van der Waals surface area contributed by atoms with E-state index >= 15 is 0 Å². The average Bonchev–Trinajstić information content (AvgIpc) is 2.69. The van der Waals surface area contributed by atoms with Crippen LogP contribution in [0.1, 0.15) is 23.5 Å². The van der Waals surface area contributed by atoms with E-state index in [0.29, 0.717) is 17.8 Å². The summed E-state index contributed by atoms with van der Waals surface area (Å²) in [6.07, 6.45) is 0.203. The lowest BCUT2D eigenvalue weighted by Gasteiger charge is -2.39. The zero-order valence-corrected chi connectivity index (χ0v) is 15.5. The SMILES string of the molecule is N#CC1=C2SC[NH+](Cc3ccccc3)CN2C(=O)C[C@@H]1c1cccc(F)c1. The third-order valence-electron chi connectivity index (χ3n) is 4.97. The van der Waals surface area contributed by atoms with Crippen molar-refractivity contribution in [2.24, 2.45) is 0 Å². The van der Waals surface area contributed by atoms with E-state index in [1.54, 1.807) is 28.8 Å². The number of rotatable bonds is 3. The molecule has 4 rings (SSSR count). The molecule has 2 heterocycles. The van der Waals surface area contributed by atoms with Crippen molar-refractivity contribution in [3.05, 3.63) is 82.1 Å². The molecule has 1 fully saturated rings. The van der Waals surface area contributed by atoms with Crippen LogP contribution >= 0.6 is 11.8 Å². The molecule has 2 atom stereocenters. The maximum absolute atomic E-state index is 13.6. The molecule has 2 aliphatic rings. The topological polar surface area (TPSA) is 48.5 Å². The number of nitriles is 1. The highest BCUT2D eigenvalue weighted by Crippen LogP contribution is 2.40. The lowest BCUT2D eigenvalue weighted by atomic mass is 9.86. The quantitative estimate of drug-likeness (QED) is 0.891. The van der Waals surface area contributed by atoms with Gasteiger partial charge >= 0.3 is 0 Å². The Morgan fingerprint density at radius 1 is 1.22 bits per heavy atom. The highest BCUT2D eigenvalue weighted by atomic mass is 32.2. The Morgan fingerprint density at radius 2 is 2.04 bits per heavy atom. The van der Waals surface area contributed by atoms with Crippen molar-refractivity contribution in [2.75, 3.05) is 12.5 Å². The summed E-state index contributed by atoms with van der Waals surface area (Å²) in [5, 5.41) is 10.5. The van der Waals surface area contributed by atoms with Crippen LogP contribution < -0.4 is 4.90 Å². The minimum Gasteiger partial charge on any atom is -0.305 e. The summed E-state index contributed by atoms with van der Waals surface area (Å²) in [5.74, 6) is 0.0674. The first-order valence-corrected chi connectivity index (χ1v) is 9.84. The van der Waals surface area contributed by atoms with Gasteiger partial charge in [0.15, 0.2) is 6.67 Å². The molecule has 2 aliphatic heterocycles. The normalized spacial score (nSPS) is 22.4. The van der Waals surface area contributed by atoms with Gasteiger partial charge in [0, 0.05) is 17.9 Å². The van der Waals surface area contributed by atoms with Crippen LogP contribution in [0.25, 0.3) is 0 Å². The number of allylic oxidation sites excluding steroid dienone is 1. The van der Waals surface area contributed by atoms with E-state index in [1.807, 2.05) is 18.2 Å². The first-order chi connectivity index (χ1) is 13.2. The Kier molecular flexibility index (Phi) is 4.97. The molecule has 0 bridgehead atoms. The monoisotopic (exact) mass is 380 g/mol. The largest absolute Gasteiger partial charge is 0.305 e. The number of amides is 1. The van der Waals surface area contributed by atoms with E-state index in [9.17, 15) is 14.4 Å². The molecule has 2 aromatic carbocycles. The average molecular weight is 380 g/mol. The van der Waals surface area contributed by atoms with Crippen LogP contribution in [0.2, 0.25) is 0 Å². The first-order valence-electron chi connectivity index (χ1n) is 8.86. The van der Waals surface area contributed by atoms with Crippen LogP contribution in [0, 0.1) is 17.1 Å². The number of quaternary nitrogens is 1. The molecule has 0 radical (unpaired) electrons. The minimum absolute atomic E-state index is 0.00368. The number of hydrogen-bond acceptors (Lipinski definition) is 3. The highest BCUT2D eigenvalue weighted by Gasteiger charge is 2.39. The van der Waals surface area contributed by atoms with Crippen LogP contribution in [0.5, 0.6) is 0 Å². The zero-order chi connectivity index (χ0) is 18.8. The maximum Gasteiger partial charge on any atom is 0.232 e. The van der Waals surface area contributed by atoms with Crippen LogP contribution in [-0.4, -0.2) is 23.4 Å². The van der Waals surface area contributed by atoms with Crippen LogP contribution in [0.4, 0.5) is 4.39 Å². The zero-order valence-electron chi connectivity index (χ0n) is 14.7. The van der Waals surface area contributed by atoms with Gasteiger partial charge in [-0.1, -0.05) is 42.5 Å². The smallest absolute Gasteiger partial charge is 0.232 e. The molecule has 6 heteroatoms. The molecule has 1 N–H and O–H groups in total. The Bertz CT molecular complexity index is 938. The summed E-state index contributed by atoms with van der Waals surface area (Å²) < 4.78 is 13.6. The van der Waals surface area contributed by atoms with Gasteiger partial charge in [0.25, 0.3) is 0 Å². The third-order valence-corrected chi connectivity index (χ3v) is 6.23. The van der Waals surface area contributed by atoms with Gasteiger partial charge in [-0.2, -0.15) is 5.26 Å². The number of benzene rings is 2. The van der Waals surface area contributed by atoms with E-state index in [4.69, 9.17) is 0 Å². The summed E-state index contributed by atoms with van der Waals surface area (Å²) in [7, 11) is 0. The first kappa shape index (κ1) is 17.8. The summed E-state index contributed by atoms with van der Waals surface area (Å²) in [4.78, 5) is 15.8. The molecule has 0 aromatic heterocycles. The Labute approximate surface area is 161 Å². The van der Waals surface area contributed by atoms with Crippen LogP contribution in [0.3, 0.4) is 0 Å². The standard InChI is InChI=1S/C21H18FN3OS/c22-17-8-4-7-16(9-17)18-10-20(26)25-13-24(12-15-5-2-1-3-6-15)14-27-21(25)19(18)11-23/h1-9,18H,10,12-14H2/p+1/t18-/m1/s1. The molecule has 0 aliphatic carbocycles. The van der Waals surface area contributed by atoms with Crippen molar-refractivity contribution in [1.29, 1.82) is 5.26 Å². The molecule has 136 valence electrons. The molecular weight excluding hydrogens is 361 g/mol. The molecule has 27 heavy (non-hydrogen) atoms. The van der Waals surface area contributed by atoms with Crippen molar-refractivity contribution in [1.82, 2.24) is 4.90 Å². The Balaban J connectivity index is 1.60. The fourth-order valence-corrected chi connectivity index (χ4v) is 4.87. The number of nitrogens with one attached hydrogen (secondary N) is 1. The van der Waals surface area contributed by atoms with Gasteiger partial charge in [-0.3, -0.25) is 9.69 Å². The summed E-state index contributed by atoms with van der Waals surface area (Å²) in [5.41, 5.74) is 2.49. The molecular formula is C21H19FN3OS+. The van der Waals surface area contributed by atoms with E-state index in [2.05, 4.69) is 18.2 Å². The number of hydrogen-bond donors (Lipinski definition) is 1. The minimum atomic E-state index is -0.368. The molecule has 1 unspecified atom stereocenters. The third kappa shape index (κ3) is 3.61. The van der Waals surface area contributed by atoms with Gasteiger partial charge in [0.2, 0.25) is 5.91 Å². The van der Waals surface area contributed by atoms with Gasteiger partial charge in [-0.25, -0.2) is 4.39 Å². The molecule has 0 spiro atoms. The van der Waals surface area contributed by atoms with Crippen molar-refractivity contribution < 1.29 is 14.1 Å². The second-order valence-corrected chi connectivity index (χ2v) is 7.79. The summed E-state index contributed by atoms with van der Waals surface area (Å²) in [6.45, 7) is 1.39. The number of halogens is 1. The molecule has 2 aromatic rings. The molecule has 1 saturated heterocycles. The lowest BCUT2D eigenvalue weighted by molar-refractivity contribution is -0.910. The lowest BCUT2D eigenvalue weighted by Crippen LogP contribution is -3.12. The Morgan fingerprint density at radius 3 is 2.78 bits per heavy atom. The predicted molar refractivity (Wildman–Crippen MR) is 102 cm³/mol. The maximum atomic E-state index is 13.6. The van der Waals surface area contributed by atoms with Gasteiger partial charge in [-0.05, 0) is 29.5 Å². The molecule has 4 nitrogen and oxygen atoms in total. The van der Waals surface area contributed by atoms with Gasteiger partial charge in [-0.15, -0.1) is 0 Å². The Hall–Kier alpha value is -2.62. The van der Waals surface area contributed by atoms with E-state index in [0.717, 1.165) is 17.5 Å². The summed E-state index contributed by atoms with van der Waals surface area (Å²) >= 11 is 1.54. The fraction of sp³-hybridized carbons (Fsp3) is 0.238. The highest BCUT2D eigenvalue weighted by molar-refractivity contribution is 8.02. The van der Waals surface area contributed by atoms with Gasteiger partial charge in [0.05, 0.1) is 11.6 Å². The van der Waals surface area contributed by atoms with Gasteiger partial charge < -0.3 is 4.90 Å². The second kappa shape index (κ2) is 7.55. The van der Waals surface area contributed by atoms with Crippen molar-refractivity contribution >= 4 is 17.7 Å². The molecule has 1 amide bonds. The van der Waals surface area contributed by atoms with Gasteiger partial charge in [0.1, 0.15) is 23.3 Å². The van der Waals surface area contributed by atoms with E-state index in [1.165, 1.54) is 22.6 Å². The number of thioether (sulfide) groups is 1. The predicted octanol–water partition coefficient (Wildman–Crippen LogP) is 2.62. The summed E-state index contributed by atoms with van der Waals surface area (Å²) in [6, 6.07) is 18.7.